The SMILES string of the molecule is CCn1c(=O)c2ccccc2n(CC(=O)Nc2ccc(N3CCNC(=O)C3)c(Cl)c2)c1=O. The molecule has 2 heterocycles. The monoisotopic (exact) mass is 455 g/mol. The van der Waals surface area contributed by atoms with Gasteiger partial charge in [0.05, 0.1) is 28.2 Å². The van der Waals surface area contributed by atoms with E-state index in [0.29, 0.717) is 40.4 Å². The Morgan fingerprint density at radius 3 is 2.62 bits per heavy atom. The van der Waals surface area contributed by atoms with E-state index < -0.39 is 11.6 Å². The number of carbonyl (C=O) groups is 2. The van der Waals surface area contributed by atoms with Gasteiger partial charge in [0.25, 0.3) is 5.56 Å². The van der Waals surface area contributed by atoms with E-state index in [0.717, 1.165) is 4.57 Å². The van der Waals surface area contributed by atoms with Crippen LogP contribution in [0.15, 0.2) is 52.1 Å². The molecule has 3 aromatic rings. The van der Waals surface area contributed by atoms with Gasteiger partial charge in [-0.1, -0.05) is 23.7 Å². The van der Waals surface area contributed by atoms with Crippen molar-refractivity contribution in [1.29, 1.82) is 0 Å². The minimum Gasteiger partial charge on any atom is -0.359 e. The van der Waals surface area contributed by atoms with E-state index in [2.05, 4.69) is 10.6 Å². The smallest absolute Gasteiger partial charge is 0.331 e. The summed E-state index contributed by atoms with van der Waals surface area (Å²) in [7, 11) is 0. The maximum atomic E-state index is 12.8. The third-order valence-corrected chi connectivity index (χ3v) is 5.66. The molecule has 1 fully saturated rings. The lowest BCUT2D eigenvalue weighted by atomic mass is 10.2. The Labute approximate surface area is 188 Å². The Morgan fingerprint density at radius 1 is 1.12 bits per heavy atom. The summed E-state index contributed by atoms with van der Waals surface area (Å²) in [5.74, 6) is -0.504. The zero-order valence-electron chi connectivity index (χ0n) is 17.4. The lowest BCUT2D eigenvalue weighted by Crippen LogP contribution is -2.47. The molecule has 2 aromatic carbocycles. The third kappa shape index (κ3) is 4.11. The van der Waals surface area contributed by atoms with Crippen LogP contribution in [-0.4, -0.2) is 40.6 Å². The summed E-state index contributed by atoms with van der Waals surface area (Å²) in [5.41, 5.74) is 0.656. The van der Waals surface area contributed by atoms with Crippen molar-refractivity contribution < 1.29 is 9.59 Å². The summed E-state index contributed by atoms with van der Waals surface area (Å²) in [6, 6.07) is 11.8. The van der Waals surface area contributed by atoms with Gasteiger partial charge in [0.1, 0.15) is 6.54 Å². The molecule has 0 bridgehead atoms. The van der Waals surface area contributed by atoms with Crippen LogP contribution in [0.3, 0.4) is 0 Å². The molecule has 1 saturated heterocycles. The van der Waals surface area contributed by atoms with Crippen LogP contribution in [0, 0.1) is 0 Å². The zero-order chi connectivity index (χ0) is 22.8. The van der Waals surface area contributed by atoms with Gasteiger partial charge < -0.3 is 15.5 Å². The Balaban J connectivity index is 1.58. The molecule has 4 rings (SSSR count). The molecule has 0 radical (unpaired) electrons. The molecule has 10 heteroatoms. The van der Waals surface area contributed by atoms with Crippen molar-refractivity contribution in [3.8, 4) is 0 Å². The van der Waals surface area contributed by atoms with Crippen LogP contribution in [0.4, 0.5) is 11.4 Å². The van der Waals surface area contributed by atoms with E-state index in [1.54, 1.807) is 49.4 Å². The number of amides is 2. The number of rotatable bonds is 5. The Kier molecular flexibility index (Phi) is 6.00. The predicted octanol–water partition coefficient (Wildman–Crippen LogP) is 1.41. The van der Waals surface area contributed by atoms with Gasteiger partial charge in [0.2, 0.25) is 11.8 Å². The second kappa shape index (κ2) is 8.88. The summed E-state index contributed by atoms with van der Waals surface area (Å²) in [5, 5.41) is 6.28. The highest BCUT2D eigenvalue weighted by Gasteiger charge is 2.19. The van der Waals surface area contributed by atoms with Crippen LogP contribution in [0.25, 0.3) is 10.9 Å². The average Bonchev–Trinajstić information content (AvgIpc) is 2.77. The fourth-order valence-corrected chi connectivity index (χ4v) is 4.13. The van der Waals surface area contributed by atoms with Crippen LogP contribution in [0.1, 0.15) is 6.92 Å². The van der Waals surface area contributed by atoms with Crippen molar-refractivity contribution in [2.75, 3.05) is 29.9 Å². The Hall–Kier alpha value is -3.59. The molecule has 2 amide bonds. The molecule has 0 aliphatic carbocycles. The van der Waals surface area contributed by atoms with Gasteiger partial charge in [-0.25, -0.2) is 4.79 Å². The molecule has 9 nitrogen and oxygen atoms in total. The van der Waals surface area contributed by atoms with Crippen LogP contribution in [-0.2, 0) is 22.7 Å². The van der Waals surface area contributed by atoms with Gasteiger partial charge in [-0.15, -0.1) is 0 Å². The summed E-state index contributed by atoms with van der Waals surface area (Å²) >= 11 is 6.40. The van der Waals surface area contributed by atoms with E-state index >= 15 is 0 Å². The Morgan fingerprint density at radius 2 is 1.91 bits per heavy atom. The summed E-state index contributed by atoms with van der Waals surface area (Å²) < 4.78 is 2.40. The van der Waals surface area contributed by atoms with Gasteiger partial charge in [-0.3, -0.25) is 23.5 Å². The predicted molar refractivity (Wildman–Crippen MR) is 123 cm³/mol. The maximum Gasteiger partial charge on any atom is 0.331 e. The van der Waals surface area contributed by atoms with E-state index in [1.165, 1.54) is 4.57 Å². The third-order valence-electron chi connectivity index (χ3n) is 5.36. The first-order valence-corrected chi connectivity index (χ1v) is 10.6. The van der Waals surface area contributed by atoms with Crippen LogP contribution in [0.2, 0.25) is 5.02 Å². The lowest BCUT2D eigenvalue weighted by Gasteiger charge is -2.29. The van der Waals surface area contributed by atoms with E-state index in [9.17, 15) is 19.2 Å². The van der Waals surface area contributed by atoms with E-state index in [-0.39, 0.29) is 31.1 Å². The summed E-state index contributed by atoms with van der Waals surface area (Å²) in [6.07, 6.45) is 0. The summed E-state index contributed by atoms with van der Waals surface area (Å²) in [4.78, 5) is 51.6. The molecule has 1 aromatic heterocycles. The average molecular weight is 456 g/mol. The van der Waals surface area contributed by atoms with Gasteiger partial charge >= 0.3 is 5.69 Å². The number of nitrogens with zero attached hydrogens (tertiary/aromatic N) is 3. The molecule has 32 heavy (non-hydrogen) atoms. The number of fused-ring (bicyclic) bond motifs is 1. The molecular weight excluding hydrogens is 434 g/mol. The largest absolute Gasteiger partial charge is 0.359 e. The van der Waals surface area contributed by atoms with Gasteiger partial charge in [0.15, 0.2) is 0 Å². The number of carbonyl (C=O) groups excluding carboxylic acids is 2. The second-order valence-electron chi connectivity index (χ2n) is 7.42. The first kappa shape index (κ1) is 21.6. The highest BCUT2D eigenvalue weighted by molar-refractivity contribution is 6.33. The zero-order valence-corrected chi connectivity index (χ0v) is 18.2. The standard InChI is InChI=1S/C22H22ClN5O4/c1-2-27-21(31)15-5-3-4-6-17(15)28(22(27)32)13-20(30)25-14-7-8-18(16(23)11-14)26-10-9-24-19(29)12-26/h3-8,11H,2,9-10,12-13H2,1H3,(H,24,29)(H,25,30). The number of piperazine rings is 1. The highest BCUT2D eigenvalue weighted by Crippen LogP contribution is 2.29. The number of para-hydroxylation sites is 1. The minimum atomic E-state index is -0.539. The van der Waals surface area contributed by atoms with Crippen molar-refractivity contribution >= 4 is 45.7 Å². The lowest BCUT2D eigenvalue weighted by molar-refractivity contribution is -0.120. The van der Waals surface area contributed by atoms with Crippen molar-refractivity contribution in [2.45, 2.75) is 20.0 Å². The number of anilines is 2. The topological polar surface area (TPSA) is 105 Å². The molecule has 166 valence electrons. The number of hydrogen-bond donors (Lipinski definition) is 2. The van der Waals surface area contributed by atoms with Crippen LogP contribution in [0.5, 0.6) is 0 Å². The quantitative estimate of drug-likeness (QED) is 0.605. The van der Waals surface area contributed by atoms with Crippen molar-refractivity contribution in [1.82, 2.24) is 14.5 Å². The fourth-order valence-electron chi connectivity index (χ4n) is 3.83. The molecule has 0 saturated carbocycles. The number of nitrogens with one attached hydrogen (secondary N) is 2. The maximum absolute atomic E-state index is 12.8. The van der Waals surface area contributed by atoms with Crippen molar-refractivity contribution in [3.05, 3.63) is 68.3 Å². The van der Waals surface area contributed by atoms with Crippen LogP contribution < -0.4 is 26.8 Å². The first-order valence-electron chi connectivity index (χ1n) is 10.2. The number of benzene rings is 2. The highest BCUT2D eigenvalue weighted by atomic mass is 35.5. The minimum absolute atomic E-state index is 0.0734. The molecular formula is C22H22ClN5O4. The number of halogens is 1. The molecule has 0 unspecified atom stereocenters. The number of hydrogen-bond acceptors (Lipinski definition) is 5. The first-order chi connectivity index (χ1) is 15.4. The van der Waals surface area contributed by atoms with E-state index in [1.807, 2.05) is 4.90 Å². The summed E-state index contributed by atoms with van der Waals surface area (Å²) in [6.45, 7) is 3.05. The Bertz CT molecular complexity index is 1330. The normalized spacial score (nSPS) is 13.8. The fraction of sp³-hybridized carbons (Fsp3) is 0.273. The molecule has 0 atom stereocenters. The second-order valence-corrected chi connectivity index (χ2v) is 7.83. The van der Waals surface area contributed by atoms with Gasteiger partial charge in [0, 0.05) is 25.3 Å². The van der Waals surface area contributed by atoms with Crippen molar-refractivity contribution in [3.63, 3.8) is 0 Å². The molecule has 0 spiro atoms. The van der Waals surface area contributed by atoms with E-state index in [4.69, 9.17) is 11.6 Å². The molecule has 1 aliphatic heterocycles. The van der Waals surface area contributed by atoms with Gasteiger partial charge in [-0.05, 0) is 37.3 Å². The van der Waals surface area contributed by atoms with Crippen LogP contribution >= 0.6 is 11.6 Å². The molecule has 2 N–H and O–H groups in total. The van der Waals surface area contributed by atoms with Gasteiger partial charge in [-0.2, -0.15) is 0 Å². The number of aromatic nitrogens is 2. The molecule has 1 aliphatic rings. The van der Waals surface area contributed by atoms with Crippen molar-refractivity contribution in [2.24, 2.45) is 0 Å².